The van der Waals surface area contributed by atoms with Crippen LogP contribution in [0.2, 0.25) is 0 Å². The molecule has 2 rings (SSSR count). The number of hydrogen-bond acceptors (Lipinski definition) is 1. The Bertz CT molecular complexity index is 362. The average Bonchev–Trinajstić information content (AvgIpc) is 2.30. The lowest BCUT2D eigenvalue weighted by molar-refractivity contribution is 0.356. The first kappa shape index (κ1) is 12.5. The van der Waals surface area contributed by atoms with Crippen molar-refractivity contribution in [2.45, 2.75) is 58.3 Å². The summed E-state index contributed by atoms with van der Waals surface area (Å²) in [5.41, 5.74) is 9.83. The lowest BCUT2D eigenvalue weighted by Crippen LogP contribution is -2.09. The summed E-state index contributed by atoms with van der Waals surface area (Å²) in [4.78, 5) is 0. The molecule has 1 saturated carbocycles. The summed E-state index contributed by atoms with van der Waals surface area (Å²) in [6, 6.07) is 6.70. The standard InChI is InChI=1S/C16H25N/c1-12(2)15-9-8-14(11-16(15)17)10-13-6-4-3-5-7-13/h8-9,11-13H,3-7,10,17H2,1-2H3. The molecule has 0 bridgehead atoms. The molecule has 1 aromatic rings. The Balaban J connectivity index is 2.04. The second kappa shape index (κ2) is 5.57. The van der Waals surface area contributed by atoms with Crippen molar-refractivity contribution in [3.8, 4) is 0 Å². The largest absolute Gasteiger partial charge is 0.398 e. The Morgan fingerprint density at radius 3 is 2.47 bits per heavy atom. The monoisotopic (exact) mass is 231 g/mol. The zero-order valence-corrected chi connectivity index (χ0v) is 11.2. The molecular weight excluding hydrogens is 206 g/mol. The van der Waals surface area contributed by atoms with Crippen LogP contribution in [-0.2, 0) is 6.42 Å². The summed E-state index contributed by atoms with van der Waals surface area (Å²) >= 11 is 0. The highest BCUT2D eigenvalue weighted by atomic mass is 14.6. The van der Waals surface area contributed by atoms with E-state index in [0.717, 1.165) is 11.6 Å². The summed E-state index contributed by atoms with van der Waals surface area (Å²) < 4.78 is 0. The molecule has 0 spiro atoms. The van der Waals surface area contributed by atoms with E-state index < -0.39 is 0 Å². The van der Waals surface area contributed by atoms with Crippen LogP contribution in [0, 0.1) is 5.92 Å². The van der Waals surface area contributed by atoms with Crippen LogP contribution in [0.4, 0.5) is 5.69 Å². The van der Waals surface area contributed by atoms with Crippen LogP contribution in [0.1, 0.15) is 63.0 Å². The van der Waals surface area contributed by atoms with E-state index in [1.54, 1.807) is 0 Å². The van der Waals surface area contributed by atoms with Crippen molar-refractivity contribution in [3.63, 3.8) is 0 Å². The second-order valence-corrected chi connectivity index (χ2v) is 5.83. The molecule has 0 saturated heterocycles. The van der Waals surface area contributed by atoms with Gasteiger partial charge in [0.05, 0.1) is 0 Å². The van der Waals surface area contributed by atoms with E-state index in [4.69, 9.17) is 5.73 Å². The average molecular weight is 231 g/mol. The molecule has 1 nitrogen and oxygen atoms in total. The Hall–Kier alpha value is -0.980. The van der Waals surface area contributed by atoms with E-state index in [-0.39, 0.29) is 0 Å². The van der Waals surface area contributed by atoms with E-state index in [2.05, 4.69) is 32.0 Å². The predicted molar refractivity (Wildman–Crippen MR) is 75.2 cm³/mol. The Morgan fingerprint density at radius 2 is 1.88 bits per heavy atom. The molecule has 1 aliphatic rings. The van der Waals surface area contributed by atoms with Gasteiger partial charge in [0.1, 0.15) is 0 Å². The maximum Gasteiger partial charge on any atom is 0.0351 e. The first-order valence-corrected chi connectivity index (χ1v) is 7.05. The van der Waals surface area contributed by atoms with Gasteiger partial charge in [-0.3, -0.25) is 0 Å². The molecule has 94 valence electrons. The minimum atomic E-state index is 0.527. The Morgan fingerprint density at radius 1 is 1.18 bits per heavy atom. The lowest BCUT2D eigenvalue weighted by Gasteiger charge is -2.22. The normalized spacial score (nSPS) is 17.6. The van der Waals surface area contributed by atoms with Crippen molar-refractivity contribution in [2.24, 2.45) is 5.92 Å². The molecule has 2 N–H and O–H groups in total. The number of benzene rings is 1. The van der Waals surface area contributed by atoms with Gasteiger partial charge in [-0.25, -0.2) is 0 Å². The van der Waals surface area contributed by atoms with E-state index >= 15 is 0 Å². The first-order chi connectivity index (χ1) is 8.16. The third kappa shape index (κ3) is 3.24. The van der Waals surface area contributed by atoms with Crippen molar-refractivity contribution < 1.29 is 0 Å². The molecule has 0 heterocycles. The van der Waals surface area contributed by atoms with Crippen LogP contribution < -0.4 is 5.73 Å². The summed E-state index contributed by atoms with van der Waals surface area (Å²) in [6.45, 7) is 4.40. The van der Waals surface area contributed by atoms with Crippen molar-refractivity contribution >= 4 is 5.69 Å². The van der Waals surface area contributed by atoms with Gasteiger partial charge in [-0.2, -0.15) is 0 Å². The molecule has 17 heavy (non-hydrogen) atoms. The molecular formula is C16H25N. The molecule has 0 aliphatic heterocycles. The highest BCUT2D eigenvalue weighted by Gasteiger charge is 2.14. The molecule has 0 unspecified atom stereocenters. The summed E-state index contributed by atoms with van der Waals surface area (Å²) in [6.07, 6.45) is 8.32. The summed E-state index contributed by atoms with van der Waals surface area (Å²) in [7, 11) is 0. The van der Waals surface area contributed by atoms with Crippen LogP contribution in [-0.4, -0.2) is 0 Å². The van der Waals surface area contributed by atoms with E-state index in [0.29, 0.717) is 5.92 Å². The van der Waals surface area contributed by atoms with E-state index in [9.17, 15) is 0 Å². The molecule has 1 aliphatic carbocycles. The van der Waals surface area contributed by atoms with Crippen molar-refractivity contribution in [1.29, 1.82) is 0 Å². The van der Waals surface area contributed by atoms with Gasteiger partial charge in [0.15, 0.2) is 0 Å². The van der Waals surface area contributed by atoms with E-state index in [1.807, 2.05) is 0 Å². The molecule has 1 heteroatoms. The number of anilines is 1. The van der Waals surface area contributed by atoms with Gasteiger partial charge in [-0.05, 0) is 35.4 Å². The maximum atomic E-state index is 6.13. The van der Waals surface area contributed by atoms with Gasteiger partial charge in [-0.15, -0.1) is 0 Å². The molecule has 1 fully saturated rings. The predicted octanol–water partition coefficient (Wildman–Crippen LogP) is 4.52. The number of rotatable bonds is 3. The van der Waals surface area contributed by atoms with Gasteiger partial charge in [-0.1, -0.05) is 58.1 Å². The van der Waals surface area contributed by atoms with Gasteiger partial charge in [0, 0.05) is 5.69 Å². The topological polar surface area (TPSA) is 26.0 Å². The molecule has 0 atom stereocenters. The fraction of sp³-hybridized carbons (Fsp3) is 0.625. The van der Waals surface area contributed by atoms with Crippen LogP contribution in [0.15, 0.2) is 18.2 Å². The number of hydrogen-bond donors (Lipinski definition) is 1. The summed E-state index contributed by atoms with van der Waals surface area (Å²) in [5, 5.41) is 0. The van der Waals surface area contributed by atoms with E-state index in [1.165, 1.54) is 49.7 Å². The van der Waals surface area contributed by atoms with Gasteiger partial charge in [0.25, 0.3) is 0 Å². The van der Waals surface area contributed by atoms with Crippen molar-refractivity contribution in [2.75, 3.05) is 5.73 Å². The minimum Gasteiger partial charge on any atom is -0.398 e. The number of nitrogens with two attached hydrogens (primary N) is 1. The van der Waals surface area contributed by atoms with Gasteiger partial charge in [0.2, 0.25) is 0 Å². The Labute approximate surface area is 105 Å². The van der Waals surface area contributed by atoms with Gasteiger partial charge >= 0.3 is 0 Å². The molecule has 0 radical (unpaired) electrons. The fourth-order valence-electron chi connectivity index (χ4n) is 3.00. The van der Waals surface area contributed by atoms with Crippen LogP contribution >= 0.6 is 0 Å². The fourth-order valence-corrected chi connectivity index (χ4v) is 3.00. The Kier molecular flexibility index (Phi) is 4.09. The van der Waals surface area contributed by atoms with Crippen molar-refractivity contribution in [1.82, 2.24) is 0 Å². The van der Waals surface area contributed by atoms with Crippen molar-refractivity contribution in [3.05, 3.63) is 29.3 Å². The SMILES string of the molecule is CC(C)c1ccc(CC2CCCCC2)cc1N. The minimum absolute atomic E-state index is 0.527. The highest BCUT2D eigenvalue weighted by molar-refractivity contribution is 5.50. The lowest BCUT2D eigenvalue weighted by atomic mass is 9.84. The van der Waals surface area contributed by atoms with Crippen LogP contribution in [0.5, 0.6) is 0 Å². The molecule has 0 amide bonds. The second-order valence-electron chi connectivity index (χ2n) is 5.83. The number of nitrogen functional groups attached to an aromatic ring is 1. The summed E-state index contributed by atoms with van der Waals surface area (Å²) in [5.74, 6) is 1.42. The first-order valence-electron chi connectivity index (χ1n) is 7.05. The zero-order valence-electron chi connectivity index (χ0n) is 11.2. The maximum absolute atomic E-state index is 6.13. The third-order valence-electron chi connectivity index (χ3n) is 4.02. The smallest absolute Gasteiger partial charge is 0.0351 e. The quantitative estimate of drug-likeness (QED) is 0.761. The highest BCUT2D eigenvalue weighted by Crippen LogP contribution is 2.29. The molecule has 1 aromatic carbocycles. The third-order valence-corrected chi connectivity index (χ3v) is 4.02. The molecule has 0 aromatic heterocycles. The van der Waals surface area contributed by atoms with Crippen LogP contribution in [0.3, 0.4) is 0 Å². The zero-order chi connectivity index (χ0) is 12.3. The van der Waals surface area contributed by atoms with Crippen LogP contribution in [0.25, 0.3) is 0 Å². The van der Waals surface area contributed by atoms with Gasteiger partial charge < -0.3 is 5.73 Å².